The number of fused-ring (bicyclic) bond motifs is 1. The van der Waals surface area contributed by atoms with E-state index in [1.54, 1.807) is 6.20 Å². The molecular weight excluding hydrogens is 250 g/mol. The number of hydrogen-bond acceptors (Lipinski definition) is 3. The van der Waals surface area contributed by atoms with Crippen LogP contribution in [0, 0.1) is 13.8 Å². The zero-order valence-electron chi connectivity index (χ0n) is 13.6. The van der Waals surface area contributed by atoms with Crippen LogP contribution in [0.5, 0.6) is 0 Å². The lowest BCUT2D eigenvalue weighted by Crippen LogP contribution is -2.06. The lowest BCUT2D eigenvalue weighted by molar-refractivity contribution is 0.0602. The predicted molar refractivity (Wildman–Crippen MR) is 85.3 cm³/mol. The third-order valence-electron chi connectivity index (χ3n) is 2.68. The summed E-state index contributed by atoms with van der Waals surface area (Å²) in [5.74, 6) is -0.310. The molecule has 2 rings (SSSR count). The molecule has 1 heterocycles. The van der Waals surface area contributed by atoms with Crippen molar-refractivity contribution in [1.29, 1.82) is 0 Å². The van der Waals surface area contributed by atoms with E-state index in [9.17, 15) is 4.79 Å². The molecule has 2 aromatic rings. The number of carbonyl (C=O) groups is 1. The molecule has 0 fully saturated rings. The number of pyridine rings is 1. The van der Waals surface area contributed by atoms with Gasteiger partial charge in [-0.25, -0.2) is 4.79 Å². The topological polar surface area (TPSA) is 39.2 Å². The Labute approximate surface area is 122 Å². The minimum absolute atomic E-state index is 0.310. The van der Waals surface area contributed by atoms with Gasteiger partial charge in [0, 0.05) is 11.6 Å². The Balaban J connectivity index is 0.000000829. The molecule has 0 radical (unpaired) electrons. The van der Waals surface area contributed by atoms with Crippen molar-refractivity contribution in [3.63, 3.8) is 0 Å². The molecule has 110 valence electrons. The largest absolute Gasteiger partial charge is 0.465 e. The Bertz CT molecular complexity index is 562. The number of methoxy groups -OCH3 is 1. The van der Waals surface area contributed by atoms with Crippen LogP contribution in [0.2, 0.25) is 0 Å². The van der Waals surface area contributed by atoms with Crippen molar-refractivity contribution in [2.24, 2.45) is 0 Å². The summed E-state index contributed by atoms with van der Waals surface area (Å²) in [4.78, 5) is 16.1. The molecule has 0 unspecified atom stereocenters. The first-order valence-corrected chi connectivity index (χ1v) is 7.08. The van der Waals surface area contributed by atoms with Gasteiger partial charge in [0.2, 0.25) is 0 Å². The van der Waals surface area contributed by atoms with Gasteiger partial charge in [-0.15, -0.1) is 0 Å². The molecule has 1 aromatic carbocycles. The molecular formula is C17H25NO2. The summed E-state index contributed by atoms with van der Waals surface area (Å²) in [7, 11) is 1.39. The molecule has 3 heteroatoms. The van der Waals surface area contributed by atoms with Crippen LogP contribution in [-0.4, -0.2) is 18.1 Å². The molecule has 0 aliphatic rings. The standard InChI is InChI=1S/C13H13NO2.2C2H6/c1-8-5-4-6-10-11(13(15)16-3)9(2)7-14-12(8)10;2*1-2/h4-7H,1-3H3;2*1-2H3. The SMILES string of the molecule is CC.CC.COC(=O)c1c(C)cnc2c(C)cccc12. The first-order chi connectivity index (χ1) is 9.65. The molecule has 0 N–H and O–H groups in total. The Hall–Kier alpha value is -1.90. The van der Waals surface area contributed by atoms with Gasteiger partial charge >= 0.3 is 5.97 Å². The van der Waals surface area contributed by atoms with Gasteiger partial charge in [0.05, 0.1) is 18.2 Å². The van der Waals surface area contributed by atoms with E-state index in [0.717, 1.165) is 22.0 Å². The van der Waals surface area contributed by atoms with E-state index >= 15 is 0 Å². The van der Waals surface area contributed by atoms with Crippen LogP contribution >= 0.6 is 0 Å². The van der Waals surface area contributed by atoms with Crippen LogP contribution in [0.1, 0.15) is 49.2 Å². The van der Waals surface area contributed by atoms with Gasteiger partial charge in [0.1, 0.15) is 0 Å². The third kappa shape index (κ3) is 3.80. The number of rotatable bonds is 1. The second-order valence-electron chi connectivity index (χ2n) is 3.78. The minimum Gasteiger partial charge on any atom is -0.465 e. The number of para-hydroxylation sites is 1. The molecule has 0 amide bonds. The summed E-state index contributed by atoms with van der Waals surface area (Å²) in [5.41, 5.74) is 3.36. The fourth-order valence-corrected chi connectivity index (χ4v) is 1.84. The van der Waals surface area contributed by atoms with Gasteiger partial charge < -0.3 is 4.74 Å². The lowest BCUT2D eigenvalue weighted by atomic mass is 10.0. The van der Waals surface area contributed by atoms with Gasteiger partial charge in [0.15, 0.2) is 0 Å². The van der Waals surface area contributed by atoms with Crippen LogP contribution in [0.25, 0.3) is 10.9 Å². The number of carbonyl (C=O) groups excluding carboxylic acids is 1. The number of nitrogens with zero attached hydrogens (tertiary/aromatic N) is 1. The highest BCUT2D eigenvalue weighted by Crippen LogP contribution is 2.23. The third-order valence-corrected chi connectivity index (χ3v) is 2.68. The normalized spacial score (nSPS) is 8.95. The molecule has 0 saturated heterocycles. The van der Waals surface area contributed by atoms with Crippen LogP contribution < -0.4 is 0 Å². The Kier molecular flexibility index (Phi) is 8.21. The quantitative estimate of drug-likeness (QED) is 0.709. The maximum atomic E-state index is 11.7. The van der Waals surface area contributed by atoms with Crippen molar-refractivity contribution in [3.05, 3.63) is 41.1 Å². The predicted octanol–water partition coefficient (Wildman–Crippen LogP) is 4.69. The number of ether oxygens (including phenoxy) is 1. The van der Waals surface area contributed by atoms with Crippen molar-refractivity contribution in [3.8, 4) is 0 Å². The summed E-state index contributed by atoms with van der Waals surface area (Å²) in [6.45, 7) is 11.8. The van der Waals surface area contributed by atoms with E-state index in [1.807, 2.05) is 59.7 Å². The second-order valence-corrected chi connectivity index (χ2v) is 3.78. The monoisotopic (exact) mass is 275 g/mol. The molecule has 1 aromatic heterocycles. The van der Waals surface area contributed by atoms with E-state index in [-0.39, 0.29) is 5.97 Å². The maximum Gasteiger partial charge on any atom is 0.338 e. The number of benzene rings is 1. The van der Waals surface area contributed by atoms with Gasteiger partial charge in [-0.1, -0.05) is 45.9 Å². The zero-order chi connectivity index (χ0) is 15.7. The molecule has 0 spiro atoms. The van der Waals surface area contributed by atoms with Crippen molar-refractivity contribution in [2.45, 2.75) is 41.5 Å². The summed E-state index contributed by atoms with van der Waals surface area (Å²) in [5, 5.41) is 0.854. The van der Waals surface area contributed by atoms with E-state index in [2.05, 4.69) is 4.98 Å². The summed E-state index contributed by atoms with van der Waals surface area (Å²) < 4.78 is 4.80. The fourth-order valence-electron chi connectivity index (χ4n) is 1.84. The van der Waals surface area contributed by atoms with Gasteiger partial charge in [-0.3, -0.25) is 4.98 Å². The Morgan fingerprint density at radius 1 is 1.05 bits per heavy atom. The molecule has 0 bridgehead atoms. The van der Waals surface area contributed by atoms with Crippen LogP contribution in [0.3, 0.4) is 0 Å². The van der Waals surface area contributed by atoms with E-state index in [0.29, 0.717) is 5.56 Å². The first-order valence-electron chi connectivity index (χ1n) is 7.08. The van der Waals surface area contributed by atoms with Crippen LogP contribution in [0.4, 0.5) is 0 Å². The first kappa shape index (κ1) is 18.1. The van der Waals surface area contributed by atoms with Crippen LogP contribution in [0.15, 0.2) is 24.4 Å². The van der Waals surface area contributed by atoms with Crippen molar-refractivity contribution in [1.82, 2.24) is 4.98 Å². The summed E-state index contributed by atoms with van der Waals surface area (Å²) in [6, 6.07) is 5.80. The summed E-state index contributed by atoms with van der Waals surface area (Å²) in [6.07, 6.45) is 1.71. The van der Waals surface area contributed by atoms with Gasteiger partial charge in [-0.2, -0.15) is 0 Å². The highest BCUT2D eigenvalue weighted by molar-refractivity contribution is 6.05. The van der Waals surface area contributed by atoms with E-state index in [4.69, 9.17) is 4.74 Å². The Morgan fingerprint density at radius 3 is 2.20 bits per heavy atom. The smallest absolute Gasteiger partial charge is 0.338 e. The van der Waals surface area contributed by atoms with Crippen molar-refractivity contribution < 1.29 is 9.53 Å². The minimum atomic E-state index is -0.310. The van der Waals surface area contributed by atoms with Crippen LogP contribution in [-0.2, 0) is 4.74 Å². The van der Waals surface area contributed by atoms with Crippen molar-refractivity contribution in [2.75, 3.05) is 7.11 Å². The number of aromatic nitrogens is 1. The zero-order valence-corrected chi connectivity index (χ0v) is 13.6. The van der Waals surface area contributed by atoms with E-state index in [1.165, 1.54) is 7.11 Å². The average molecular weight is 275 g/mol. The number of aryl methyl sites for hydroxylation is 2. The summed E-state index contributed by atoms with van der Waals surface area (Å²) >= 11 is 0. The molecule has 0 aliphatic carbocycles. The molecule has 0 atom stereocenters. The Morgan fingerprint density at radius 2 is 1.65 bits per heavy atom. The molecule has 3 nitrogen and oxygen atoms in total. The molecule has 0 saturated carbocycles. The van der Waals surface area contributed by atoms with Gasteiger partial charge in [-0.05, 0) is 25.0 Å². The molecule has 20 heavy (non-hydrogen) atoms. The molecule has 0 aliphatic heterocycles. The number of esters is 1. The maximum absolute atomic E-state index is 11.7. The highest BCUT2D eigenvalue weighted by Gasteiger charge is 2.14. The highest BCUT2D eigenvalue weighted by atomic mass is 16.5. The number of hydrogen-bond donors (Lipinski definition) is 0. The average Bonchev–Trinajstić information content (AvgIpc) is 2.50. The van der Waals surface area contributed by atoms with Crippen molar-refractivity contribution >= 4 is 16.9 Å². The lowest BCUT2D eigenvalue weighted by Gasteiger charge is -2.08. The van der Waals surface area contributed by atoms with E-state index < -0.39 is 0 Å². The second kappa shape index (κ2) is 9.08. The van der Waals surface area contributed by atoms with Gasteiger partial charge in [0.25, 0.3) is 0 Å². The fraction of sp³-hybridized carbons (Fsp3) is 0.412.